The van der Waals surface area contributed by atoms with E-state index in [1.165, 1.54) is 6.20 Å². The van der Waals surface area contributed by atoms with Gasteiger partial charge in [-0.25, -0.2) is 9.67 Å². The molecule has 2 N–H and O–H groups in total. The van der Waals surface area contributed by atoms with Crippen LogP contribution >= 0.6 is 15.9 Å². The number of aromatic nitrogens is 4. The maximum Gasteiger partial charge on any atom is 0.173 e. The maximum atomic E-state index is 5.48. The Hall–Kier alpha value is -1.43. The van der Waals surface area contributed by atoms with Gasteiger partial charge in [-0.1, -0.05) is 0 Å². The van der Waals surface area contributed by atoms with E-state index in [2.05, 4.69) is 31.0 Å². The van der Waals surface area contributed by atoms with Crippen molar-refractivity contribution in [1.29, 1.82) is 0 Å². The van der Waals surface area contributed by atoms with Crippen molar-refractivity contribution in [3.63, 3.8) is 0 Å². The molecule has 66 valence electrons. The Bertz CT molecular complexity index is 424. The Labute approximate surface area is 82.7 Å². The van der Waals surface area contributed by atoms with E-state index < -0.39 is 0 Å². The average molecular weight is 240 g/mol. The predicted molar refractivity (Wildman–Crippen MR) is 51.3 cm³/mol. The number of nitrogen functional groups attached to an aromatic ring is 1. The minimum absolute atomic E-state index is 0.379. The molecule has 0 aliphatic carbocycles. The minimum Gasteiger partial charge on any atom is -0.382 e. The molecule has 0 unspecified atom stereocenters. The number of hydrogen-bond acceptors (Lipinski definition) is 4. The molecule has 2 heterocycles. The van der Waals surface area contributed by atoms with E-state index >= 15 is 0 Å². The van der Waals surface area contributed by atoms with Crippen molar-refractivity contribution in [3.05, 3.63) is 29.3 Å². The molecule has 2 aromatic heterocycles. The van der Waals surface area contributed by atoms with Crippen molar-refractivity contribution in [2.24, 2.45) is 0 Å². The highest BCUT2D eigenvalue weighted by molar-refractivity contribution is 9.10. The summed E-state index contributed by atoms with van der Waals surface area (Å²) in [5, 5.41) is 4.04. The van der Waals surface area contributed by atoms with Crippen LogP contribution in [0, 0.1) is 0 Å². The predicted octanol–water partition coefficient (Wildman–Crippen LogP) is 1.01. The fourth-order valence-corrected chi connectivity index (χ4v) is 1.19. The van der Waals surface area contributed by atoms with Crippen LogP contribution in [-0.2, 0) is 0 Å². The summed E-state index contributed by atoms with van der Waals surface area (Å²) < 4.78 is 2.48. The van der Waals surface area contributed by atoms with Gasteiger partial charge in [-0.15, -0.1) is 0 Å². The molecule has 0 saturated heterocycles. The van der Waals surface area contributed by atoms with Gasteiger partial charge in [0.1, 0.15) is 5.82 Å². The van der Waals surface area contributed by atoms with Gasteiger partial charge in [0.15, 0.2) is 5.82 Å². The molecular formula is C7H6BrN5. The molecular weight excluding hydrogens is 234 g/mol. The Morgan fingerprint density at radius 2 is 2.15 bits per heavy atom. The van der Waals surface area contributed by atoms with Gasteiger partial charge in [-0.3, -0.25) is 4.98 Å². The van der Waals surface area contributed by atoms with Crippen LogP contribution in [0.15, 0.2) is 29.3 Å². The van der Waals surface area contributed by atoms with Gasteiger partial charge in [-0.2, -0.15) is 5.10 Å². The first-order valence-corrected chi connectivity index (χ1v) is 4.33. The maximum absolute atomic E-state index is 5.48. The van der Waals surface area contributed by atoms with Crippen molar-refractivity contribution < 1.29 is 0 Å². The third kappa shape index (κ3) is 1.67. The zero-order valence-corrected chi connectivity index (χ0v) is 8.14. The number of hydrogen-bond donors (Lipinski definition) is 1. The third-order valence-electron chi connectivity index (χ3n) is 1.43. The molecule has 0 saturated carbocycles. The van der Waals surface area contributed by atoms with Crippen LogP contribution in [0.4, 0.5) is 5.82 Å². The lowest BCUT2D eigenvalue weighted by atomic mass is 10.6. The Balaban J connectivity index is 2.46. The van der Waals surface area contributed by atoms with Crippen molar-refractivity contribution >= 4 is 21.7 Å². The summed E-state index contributed by atoms with van der Waals surface area (Å²) in [6.45, 7) is 0. The number of anilines is 1. The molecule has 0 aliphatic rings. The van der Waals surface area contributed by atoms with Gasteiger partial charge in [0.05, 0.1) is 23.1 Å². The Kier molecular flexibility index (Phi) is 1.97. The van der Waals surface area contributed by atoms with Gasteiger partial charge in [0.2, 0.25) is 0 Å². The highest BCUT2D eigenvalue weighted by atomic mass is 79.9. The zero-order valence-electron chi connectivity index (χ0n) is 6.55. The van der Waals surface area contributed by atoms with E-state index in [4.69, 9.17) is 5.73 Å². The van der Waals surface area contributed by atoms with E-state index in [1.807, 2.05) is 0 Å². The van der Waals surface area contributed by atoms with Gasteiger partial charge in [0.25, 0.3) is 0 Å². The summed E-state index contributed by atoms with van der Waals surface area (Å²) in [5.41, 5.74) is 5.48. The molecule has 0 amide bonds. The smallest absolute Gasteiger partial charge is 0.173 e. The summed E-state index contributed by atoms with van der Waals surface area (Å²) in [4.78, 5) is 7.96. The lowest BCUT2D eigenvalue weighted by Gasteiger charge is -1.98. The molecule has 2 aromatic rings. The highest BCUT2D eigenvalue weighted by Crippen LogP contribution is 2.10. The van der Waals surface area contributed by atoms with Crippen molar-refractivity contribution in [3.8, 4) is 5.82 Å². The van der Waals surface area contributed by atoms with Gasteiger partial charge < -0.3 is 5.73 Å². The SMILES string of the molecule is Nc1cncc(-n2cc(Br)cn2)n1. The van der Waals surface area contributed by atoms with Crippen LogP contribution in [-0.4, -0.2) is 19.7 Å². The van der Waals surface area contributed by atoms with Crippen LogP contribution in [0.1, 0.15) is 0 Å². The van der Waals surface area contributed by atoms with Crippen LogP contribution in [0.5, 0.6) is 0 Å². The molecule has 0 atom stereocenters. The van der Waals surface area contributed by atoms with Crippen LogP contribution < -0.4 is 5.73 Å². The Morgan fingerprint density at radius 3 is 2.77 bits per heavy atom. The number of nitrogens with two attached hydrogens (primary N) is 1. The lowest BCUT2D eigenvalue weighted by Crippen LogP contribution is -2.01. The number of halogens is 1. The molecule has 0 spiro atoms. The summed E-state index contributed by atoms with van der Waals surface area (Å²) >= 11 is 3.29. The van der Waals surface area contributed by atoms with Gasteiger partial charge in [0, 0.05) is 6.20 Å². The second-order valence-electron chi connectivity index (χ2n) is 2.41. The van der Waals surface area contributed by atoms with Gasteiger partial charge in [-0.05, 0) is 15.9 Å². The molecule has 6 heteroatoms. The fraction of sp³-hybridized carbons (Fsp3) is 0. The van der Waals surface area contributed by atoms with Crippen molar-refractivity contribution in [1.82, 2.24) is 19.7 Å². The molecule has 0 fully saturated rings. The highest BCUT2D eigenvalue weighted by Gasteiger charge is 2.00. The lowest BCUT2D eigenvalue weighted by molar-refractivity contribution is 0.840. The molecule has 0 aliphatic heterocycles. The summed E-state index contributed by atoms with van der Waals surface area (Å²) in [7, 11) is 0. The van der Waals surface area contributed by atoms with E-state index in [1.54, 1.807) is 23.3 Å². The van der Waals surface area contributed by atoms with Crippen LogP contribution in [0.3, 0.4) is 0 Å². The number of rotatable bonds is 1. The fourth-order valence-electron chi connectivity index (χ4n) is 0.907. The summed E-state index contributed by atoms with van der Waals surface area (Å²) in [5.74, 6) is 0.981. The molecule has 0 aromatic carbocycles. The average Bonchev–Trinajstić information content (AvgIpc) is 2.52. The standard InChI is InChI=1S/C7H6BrN5/c8-5-1-11-13(4-5)7-3-10-2-6(9)12-7/h1-4H,(H2,9,12). The first-order chi connectivity index (χ1) is 6.25. The van der Waals surface area contributed by atoms with Crippen molar-refractivity contribution in [2.45, 2.75) is 0 Å². The molecule has 5 nitrogen and oxygen atoms in total. The second-order valence-corrected chi connectivity index (χ2v) is 3.32. The monoisotopic (exact) mass is 239 g/mol. The topological polar surface area (TPSA) is 69.6 Å². The van der Waals surface area contributed by atoms with E-state index in [-0.39, 0.29) is 0 Å². The normalized spacial score (nSPS) is 10.2. The van der Waals surface area contributed by atoms with Crippen molar-refractivity contribution in [2.75, 3.05) is 5.73 Å². The Morgan fingerprint density at radius 1 is 1.31 bits per heavy atom. The van der Waals surface area contributed by atoms with E-state index in [0.29, 0.717) is 11.6 Å². The van der Waals surface area contributed by atoms with Gasteiger partial charge >= 0.3 is 0 Å². The molecule has 13 heavy (non-hydrogen) atoms. The largest absolute Gasteiger partial charge is 0.382 e. The summed E-state index contributed by atoms with van der Waals surface area (Å²) in [6, 6.07) is 0. The van der Waals surface area contributed by atoms with E-state index in [9.17, 15) is 0 Å². The van der Waals surface area contributed by atoms with E-state index in [0.717, 1.165) is 4.47 Å². The molecule has 2 rings (SSSR count). The third-order valence-corrected chi connectivity index (χ3v) is 1.84. The van der Waals surface area contributed by atoms with Crippen LogP contribution in [0.25, 0.3) is 5.82 Å². The first kappa shape index (κ1) is 8.18. The second kappa shape index (κ2) is 3.14. The minimum atomic E-state index is 0.379. The van der Waals surface area contributed by atoms with Crippen LogP contribution in [0.2, 0.25) is 0 Å². The quantitative estimate of drug-likeness (QED) is 0.807. The zero-order chi connectivity index (χ0) is 9.26. The summed E-state index contributed by atoms with van der Waals surface area (Å²) in [6.07, 6.45) is 6.53. The molecule has 0 bridgehead atoms. The first-order valence-electron chi connectivity index (χ1n) is 3.54. The number of nitrogens with zero attached hydrogens (tertiary/aromatic N) is 4. The molecule has 0 radical (unpaired) electrons.